The molecule has 0 radical (unpaired) electrons. The summed E-state index contributed by atoms with van der Waals surface area (Å²) < 4.78 is 6.26. The molecule has 0 bridgehead atoms. The number of nitrogens with zero attached hydrogens (tertiary/aromatic N) is 4. The van der Waals surface area contributed by atoms with Crippen LogP contribution in [-0.4, -0.2) is 64.1 Å². The number of hydrogen-bond acceptors (Lipinski definition) is 5. The van der Waals surface area contributed by atoms with Gasteiger partial charge < -0.3 is 14.5 Å². The van der Waals surface area contributed by atoms with Crippen molar-refractivity contribution in [3.63, 3.8) is 0 Å². The third-order valence-corrected chi connectivity index (χ3v) is 3.96. The summed E-state index contributed by atoms with van der Waals surface area (Å²) in [6.07, 6.45) is 1.07. The fourth-order valence-corrected chi connectivity index (χ4v) is 2.47. The van der Waals surface area contributed by atoms with E-state index in [4.69, 9.17) is 4.74 Å². The Morgan fingerprint density at radius 3 is 2.38 bits per heavy atom. The fraction of sp³-hybridized carbons (Fsp3) is 0.625. The quantitative estimate of drug-likeness (QED) is 0.807. The van der Waals surface area contributed by atoms with Gasteiger partial charge in [-0.3, -0.25) is 14.2 Å². The Bertz CT molecular complexity index is 648. The van der Waals surface area contributed by atoms with Crippen molar-refractivity contribution in [2.75, 3.05) is 32.8 Å². The summed E-state index contributed by atoms with van der Waals surface area (Å²) in [5.74, 6) is 0.0127. The third kappa shape index (κ3) is 4.33. The first kappa shape index (κ1) is 18.0. The number of piperazine rings is 1. The molecule has 24 heavy (non-hydrogen) atoms. The first-order chi connectivity index (χ1) is 11.4. The van der Waals surface area contributed by atoms with Gasteiger partial charge in [0.05, 0.1) is 18.6 Å². The number of carbonyl (C=O) groups excluding carboxylic acids is 2. The normalized spacial score (nSPS) is 14.8. The summed E-state index contributed by atoms with van der Waals surface area (Å²) in [7, 11) is 0. The summed E-state index contributed by atoms with van der Waals surface area (Å²) in [5, 5.41) is 0. The lowest BCUT2D eigenvalue weighted by atomic mass is 10.1. The first-order valence-electron chi connectivity index (χ1n) is 8.18. The molecule has 132 valence electrons. The van der Waals surface area contributed by atoms with Crippen molar-refractivity contribution in [2.45, 2.75) is 33.2 Å². The van der Waals surface area contributed by atoms with Crippen LogP contribution in [0.1, 0.15) is 32.4 Å². The van der Waals surface area contributed by atoms with Crippen LogP contribution < -0.4 is 5.56 Å². The van der Waals surface area contributed by atoms with Gasteiger partial charge in [0, 0.05) is 32.2 Å². The Balaban J connectivity index is 1.92. The third-order valence-electron chi connectivity index (χ3n) is 3.96. The Labute approximate surface area is 141 Å². The van der Waals surface area contributed by atoms with Crippen molar-refractivity contribution < 1.29 is 14.3 Å². The molecule has 1 aromatic heterocycles. The smallest absolute Gasteiger partial charge is 0.409 e. The first-order valence-corrected chi connectivity index (χ1v) is 8.18. The maximum Gasteiger partial charge on any atom is 0.409 e. The predicted octanol–water partition coefficient (Wildman–Crippen LogP) is 0.667. The molecule has 1 saturated heterocycles. The number of carbonyl (C=O) groups is 2. The van der Waals surface area contributed by atoms with Crippen LogP contribution in [0.2, 0.25) is 0 Å². The number of rotatable bonds is 4. The van der Waals surface area contributed by atoms with Gasteiger partial charge >= 0.3 is 6.09 Å². The highest BCUT2D eigenvalue weighted by Crippen LogP contribution is 2.08. The minimum absolute atomic E-state index is 0.0381. The highest BCUT2D eigenvalue weighted by atomic mass is 16.6. The molecule has 0 spiro atoms. The zero-order valence-electron chi connectivity index (χ0n) is 14.4. The van der Waals surface area contributed by atoms with E-state index >= 15 is 0 Å². The van der Waals surface area contributed by atoms with E-state index in [1.165, 1.54) is 17.0 Å². The molecule has 1 aromatic rings. The largest absolute Gasteiger partial charge is 0.450 e. The highest BCUT2D eigenvalue weighted by Gasteiger charge is 2.25. The summed E-state index contributed by atoms with van der Waals surface area (Å²) in [4.78, 5) is 43.5. The second-order valence-electron chi connectivity index (χ2n) is 6.00. The van der Waals surface area contributed by atoms with Crippen LogP contribution >= 0.6 is 0 Å². The zero-order valence-corrected chi connectivity index (χ0v) is 14.4. The number of hydrogen-bond donors (Lipinski definition) is 0. The van der Waals surface area contributed by atoms with Gasteiger partial charge in [0.25, 0.3) is 5.56 Å². The van der Waals surface area contributed by atoms with Crippen LogP contribution in [0.15, 0.2) is 17.2 Å². The predicted molar refractivity (Wildman–Crippen MR) is 87.8 cm³/mol. The van der Waals surface area contributed by atoms with Gasteiger partial charge in [0.2, 0.25) is 5.91 Å². The molecule has 2 amide bonds. The van der Waals surface area contributed by atoms with Crippen molar-refractivity contribution in [1.29, 1.82) is 0 Å². The number of ether oxygens (including phenoxy) is 1. The molecule has 1 aliphatic rings. The van der Waals surface area contributed by atoms with Crippen LogP contribution in [-0.2, 0) is 16.1 Å². The molecule has 1 aliphatic heterocycles. The molecule has 0 N–H and O–H groups in total. The van der Waals surface area contributed by atoms with Crippen LogP contribution in [0.5, 0.6) is 0 Å². The minimum atomic E-state index is -0.353. The average Bonchev–Trinajstić information content (AvgIpc) is 2.56. The second kappa shape index (κ2) is 7.94. The second-order valence-corrected chi connectivity index (χ2v) is 6.00. The van der Waals surface area contributed by atoms with E-state index in [9.17, 15) is 14.4 Å². The Morgan fingerprint density at radius 1 is 1.21 bits per heavy atom. The molecule has 0 aliphatic carbocycles. The fourth-order valence-electron chi connectivity index (χ4n) is 2.47. The van der Waals surface area contributed by atoms with E-state index in [0.29, 0.717) is 38.5 Å². The van der Waals surface area contributed by atoms with Gasteiger partial charge in [0.15, 0.2) is 0 Å². The lowest BCUT2D eigenvalue weighted by molar-refractivity contribution is -0.133. The molecule has 2 rings (SSSR count). The van der Waals surface area contributed by atoms with Crippen LogP contribution in [0.25, 0.3) is 0 Å². The molecule has 0 unspecified atom stereocenters. The Morgan fingerprint density at radius 2 is 1.83 bits per heavy atom. The van der Waals surface area contributed by atoms with Gasteiger partial charge in [-0.05, 0) is 12.8 Å². The van der Waals surface area contributed by atoms with Crippen LogP contribution in [0.3, 0.4) is 0 Å². The summed E-state index contributed by atoms with van der Waals surface area (Å²) in [5.41, 5.74) is 0.485. The van der Waals surface area contributed by atoms with Gasteiger partial charge in [0.1, 0.15) is 6.54 Å². The molecule has 8 heteroatoms. The standard InChI is InChI=1S/C16H24N4O4/c1-4-24-16(23)19-7-5-18(6-8-19)15(22)10-20-11-17-13(12(2)3)9-14(20)21/h9,11-12H,4-8,10H2,1-3H3. The van der Waals surface area contributed by atoms with E-state index in [1.807, 2.05) is 13.8 Å². The topological polar surface area (TPSA) is 84.7 Å². The summed E-state index contributed by atoms with van der Waals surface area (Å²) in [6, 6.07) is 1.47. The average molecular weight is 336 g/mol. The van der Waals surface area contributed by atoms with E-state index in [2.05, 4.69) is 4.98 Å². The van der Waals surface area contributed by atoms with Gasteiger partial charge in [-0.25, -0.2) is 9.78 Å². The van der Waals surface area contributed by atoms with Gasteiger partial charge in [-0.15, -0.1) is 0 Å². The maximum absolute atomic E-state index is 12.3. The van der Waals surface area contributed by atoms with Gasteiger partial charge in [-0.2, -0.15) is 0 Å². The monoisotopic (exact) mass is 336 g/mol. The van der Waals surface area contributed by atoms with Crippen LogP contribution in [0.4, 0.5) is 4.79 Å². The molecular formula is C16H24N4O4. The number of amides is 2. The maximum atomic E-state index is 12.3. The Hall–Kier alpha value is -2.38. The molecule has 8 nitrogen and oxygen atoms in total. The van der Waals surface area contributed by atoms with E-state index < -0.39 is 0 Å². The van der Waals surface area contributed by atoms with Crippen molar-refractivity contribution in [1.82, 2.24) is 19.4 Å². The lowest BCUT2D eigenvalue weighted by Gasteiger charge is -2.34. The van der Waals surface area contributed by atoms with Crippen molar-refractivity contribution in [3.8, 4) is 0 Å². The lowest BCUT2D eigenvalue weighted by Crippen LogP contribution is -2.51. The molecule has 0 atom stereocenters. The number of aromatic nitrogens is 2. The molecular weight excluding hydrogens is 312 g/mol. The van der Waals surface area contributed by atoms with E-state index in [-0.39, 0.29) is 30.0 Å². The molecule has 2 heterocycles. The molecule has 1 fully saturated rings. The SMILES string of the molecule is CCOC(=O)N1CCN(C(=O)Cn2cnc(C(C)C)cc2=O)CC1. The van der Waals surface area contributed by atoms with Gasteiger partial charge in [-0.1, -0.05) is 13.8 Å². The summed E-state index contributed by atoms with van der Waals surface area (Å²) >= 11 is 0. The van der Waals surface area contributed by atoms with Crippen molar-refractivity contribution in [3.05, 3.63) is 28.4 Å². The zero-order chi connectivity index (χ0) is 17.7. The molecule has 0 saturated carbocycles. The minimum Gasteiger partial charge on any atom is -0.450 e. The van der Waals surface area contributed by atoms with Crippen molar-refractivity contribution in [2.24, 2.45) is 0 Å². The van der Waals surface area contributed by atoms with E-state index in [0.717, 1.165) is 0 Å². The van der Waals surface area contributed by atoms with E-state index in [1.54, 1.807) is 16.7 Å². The van der Waals surface area contributed by atoms with Crippen LogP contribution in [0, 0.1) is 0 Å². The molecule has 0 aromatic carbocycles. The highest BCUT2D eigenvalue weighted by molar-refractivity contribution is 5.76. The van der Waals surface area contributed by atoms with Crippen molar-refractivity contribution >= 4 is 12.0 Å². The summed E-state index contributed by atoms with van der Waals surface area (Å²) in [6.45, 7) is 7.71. The Kier molecular flexibility index (Phi) is 5.94.